The first-order valence-electron chi connectivity index (χ1n) is 5.91. The van der Waals surface area contributed by atoms with E-state index >= 15 is 0 Å². The van der Waals surface area contributed by atoms with Gasteiger partial charge in [0, 0.05) is 36.9 Å². The molecule has 2 aliphatic rings. The smallest absolute Gasteiger partial charge is 0.164 e. The van der Waals surface area contributed by atoms with Gasteiger partial charge in [0.2, 0.25) is 0 Å². The summed E-state index contributed by atoms with van der Waals surface area (Å²) in [7, 11) is -2.98. The number of nitrogens with two attached hydrogens (primary N) is 1. The van der Waals surface area contributed by atoms with Crippen LogP contribution in [0.25, 0.3) is 0 Å². The lowest BCUT2D eigenvalue weighted by molar-refractivity contribution is 0.242. The van der Waals surface area contributed by atoms with Crippen LogP contribution in [-0.2, 0) is 9.84 Å². The van der Waals surface area contributed by atoms with Gasteiger partial charge in [-0.05, 0) is 12.3 Å². The lowest BCUT2D eigenvalue weighted by atomic mass is 10.1. The van der Waals surface area contributed by atoms with Crippen molar-refractivity contribution in [2.45, 2.75) is 17.8 Å². The van der Waals surface area contributed by atoms with Crippen LogP contribution in [0.5, 0.6) is 0 Å². The number of hydrogen-bond acceptors (Lipinski definition) is 5. The van der Waals surface area contributed by atoms with E-state index in [4.69, 9.17) is 5.73 Å². The van der Waals surface area contributed by atoms with Gasteiger partial charge in [-0.15, -0.1) is 0 Å². The van der Waals surface area contributed by atoms with E-state index in [1.807, 2.05) is 6.08 Å². The summed E-state index contributed by atoms with van der Waals surface area (Å²) in [6.07, 6.45) is 6.44. The summed E-state index contributed by atoms with van der Waals surface area (Å²) < 4.78 is 23.5. The second-order valence-corrected chi connectivity index (χ2v) is 8.25. The first-order valence-corrected chi connectivity index (χ1v) is 9.02. The molecule has 2 N–H and O–H groups in total. The van der Waals surface area contributed by atoms with Gasteiger partial charge in [-0.25, -0.2) is 8.42 Å². The molecule has 0 saturated carbocycles. The Balaban J connectivity index is 2.00. The maximum absolute atomic E-state index is 11.7. The predicted molar refractivity (Wildman–Crippen MR) is 72.8 cm³/mol. The van der Waals surface area contributed by atoms with Crippen molar-refractivity contribution in [2.75, 3.05) is 30.9 Å². The van der Waals surface area contributed by atoms with Crippen molar-refractivity contribution in [2.24, 2.45) is 11.7 Å². The van der Waals surface area contributed by atoms with E-state index in [0.29, 0.717) is 11.7 Å². The first kappa shape index (κ1) is 13.4. The standard InChI is InChI=1S/C11H20N2O2S2/c1-17(14,15)11-8-16-5-4-13(11)7-9-2-3-10(12)6-9/h2-3,9-11H,4-8,12H2,1H3. The summed E-state index contributed by atoms with van der Waals surface area (Å²) in [4.78, 5) is 2.11. The molecular weight excluding hydrogens is 256 g/mol. The van der Waals surface area contributed by atoms with Crippen molar-refractivity contribution < 1.29 is 8.42 Å². The second kappa shape index (κ2) is 5.30. The first-order chi connectivity index (χ1) is 7.97. The highest BCUT2D eigenvalue weighted by Crippen LogP contribution is 2.24. The van der Waals surface area contributed by atoms with E-state index in [1.165, 1.54) is 6.26 Å². The lowest BCUT2D eigenvalue weighted by Gasteiger charge is -2.35. The number of rotatable bonds is 3. The number of sulfone groups is 1. The minimum atomic E-state index is -2.98. The average Bonchev–Trinajstić information content (AvgIpc) is 2.63. The Kier molecular flexibility index (Phi) is 4.18. The zero-order valence-electron chi connectivity index (χ0n) is 10.1. The fourth-order valence-corrected chi connectivity index (χ4v) is 5.42. The Morgan fingerprint density at radius 3 is 2.82 bits per heavy atom. The molecule has 3 unspecified atom stereocenters. The molecule has 1 fully saturated rings. The van der Waals surface area contributed by atoms with Gasteiger partial charge in [-0.1, -0.05) is 12.2 Å². The molecular formula is C11H20N2O2S2. The molecule has 2 rings (SSSR count). The SMILES string of the molecule is CS(=O)(=O)C1CSCCN1CC1C=CC(N)C1. The molecule has 0 aromatic heterocycles. The van der Waals surface area contributed by atoms with Gasteiger partial charge >= 0.3 is 0 Å². The molecule has 0 aromatic carbocycles. The third-order valence-corrected chi connectivity index (χ3v) is 6.05. The van der Waals surface area contributed by atoms with E-state index < -0.39 is 9.84 Å². The van der Waals surface area contributed by atoms with Crippen LogP contribution in [0.3, 0.4) is 0 Å². The molecule has 0 bridgehead atoms. The van der Waals surface area contributed by atoms with Gasteiger partial charge in [0.1, 0.15) is 5.37 Å². The molecule has 0 radical (unpaired) electrons. The minimum Gasteiger partial charge on any atom is -0.324 e. The van der Waals surface area contributed by atoms with E-state index in [1.54, 1.807) is 11.8 Å². The third kappa shape index (κ3) is 3.47. The number of thioether (sulfide) groups is 1. The van der Waals surface area contributed by atoms with Crippen molar-refractivity contribution in [1.82, 2.24) is 4.90 Å². The largest absolute Gasteiger partial charge is 0.324 e. The fourth-order valence-electron chi connectivity index (χ4n) is 2.46. The highest BCUT2D eigenvalue weighted by Gasteiger charge is 2.32. The Morgan fingerprint density at radius 1 is 1.47 bits per heavy atom. The van der Waals surface area contributed by atoms with Gasteiger partial charge < -0.3 is 5.73 Å². The number of nitrogens with zero attached hydrogens (tertiary/aromatic N) is 1. The summed E-state index contributed by atoms with van der Waals surface area (Å²) in [5.74, 6) is 2.13. The van der Waals surface area contributed by atoms with Crippen LogP contribution in [0.1, 0.15) is 6.42 Å². The Bertz CT molecular complexity index is 394. The van der Waals surface area contributed by atoms with Crippen molar-refractivity contribution in [3.63, 3.8) is 0 Å². The monoisotopic (exact) mass is 276 g/mol. The van der Waals surface area contributed by atoms with E-state index in [2.05, 4.69) is 11.0 Å². The maximum Gasteiger partial charge on any atom is 0.164 e. The van der Waals surface area contributed by atoms with Crippen molar-refractivity contribution >= 4 is 21.6 Å². The maximum atomic E-state index is 11.7. The molecule has 1 aliphatic heterocycles. The van der Waals surface area contributed by atoms with Gasteiger partial charge in [-0.2, -0.15) is 11.8 Å². The van der Waals surface area contributed by atoms with Gasteiger partial charge in [0.15, 0.2) is 9.84 Å². The fraction of sp³-hybridized carbons (Fsp3) is 0.818. The van der Waals surface area contributed by atoms with Crippen molar-refractivity contribution in [3.05, 3.63) is 12.2 Å². The summed E-state index contributed by atoms with van der Waals surface area (Å²) in [5.41, 5.74) is 5.82. The van der Waals surface area contributed by atoms with Crippen LogP contribution in [0, 0.1) is 5.92 Å². The van der Waals surface area contributed by atoms with Gasteiger partial charge in [0.05, 0.1) is 0 Å². The molecule has 0 spiro atoms. The zero-order valence-corrected chi connectivity index (χ0v) is 11.7. The van der Waals surface area contributed by atoms with Crippen LogP contribution < -0.4 is 5.73 Å². The molecule has 0 amide bonds. The molecule has 1 saturated heterocycles. The molecule has 98 valence electrons. The van der Waals surface area contributed by atoms with Crippen LogP contribution >= 0.6 is 11.8 Å². The number of hydrogen-bond donors (Lipinski definition) is 1. The highest BCUT2D eigenvalue weighted by atomic mass is 32.2. The minimum absolute atomic E-state index is 0.149. The van der Waals surface area contributed by atoms with Crippen molar-refractivity contribution in [1.29, 1.82) is 0 Å². The summed E-state index contributed by atoms with van der Waals surface area (Å²) in [5, 5.41) is -0.313. The Labute approximate surface area is 108 Å². The molecule has 3 atom stereocenters. The molecule has 0 aromatic rings. The molecule has 4 nitrogen and oxygen atoms in total. The van der Waals surface area contributed by atoms with E-state index in [0.717, 1.165) is 25.3 Å². The second-order valence-electron chi connectivity index (χ2n) is 4.90. The van der Waals surface area contributed by atoms with E-state index in [9.17, 15) is 8.42 Å². The normalized spacial score (nSPS) is 35.3. The quantitative estimate of drug-likeness (QED) is 0.752. The van der Waals surface area contributed by atoms with Gasteiger partial charge in [-0.3, -0.25) is 4.90 Å². The topological polar surface area (TPSA) is 63.4 Å². The lowest BCUT2D eigenvalue weighted by Crippen LogP contribution is -2.48. The predicted octanol–water partition coefficient (Wildman–Crippen LogP) is 0.309. The van der Waals surface area contributed by atoms with Crippen LogP contribution in [0.15, 0.2) is 12.2 Å². The molecule has 1 heterocycles. The zero-order chi connectivity index (χ0) is 12.5. The summed E-state index contributed by atoms with van der Waals surface area (Å²) in [6, 6.07) is 0.149. The highest BCUT2D eigenvalue weighted by molar-refractivity contribution is 8.00. The summed E-state index contributed by atoms with van der Waals surface area (Å²) >= 11 is 1.73. The molecule has 1 aliphatic carbocycles. The molecule has 6 heteroatoms. The van der Waals surface area contributed by atoms with E-state index in [-0.39, 0.29) is 11.4 Å². The van der Waals surface area contributed by atoms with Crippen molar-refractivity contribution in [3.8, 4) is 0 Å². The Morgan fingerprint density at radius 2 is 2.24 bits per heavy atom. The van der Waals surface area contributed by atoms with Gasteiger partial charge in [0.25, 0.3) is 0 Å². The van der Waals surface area contributed by atoms with Crippen LogP contribution in [0.2, 0.25) is 0 Å². The van der Waals surface area contributed by atoms with Crippen LogP contribution in [-0.4, -0.2) is 55.6 Å². The third-order valence-electron chi connectivity index (χ3n) is 3.36. The molecule has 17 heavy (non-hydrogen) atoms. The summed E-state index contributed by atoms with van der Waals surface area (Å²) in [6.45, 7) is 1.68. The Hall–Kier alpha value is -0.0400. The van der Waals surface area contributed by atoms with Crippen LogP contribution in [0.4, 0.5) is 0 Å². The average molecular weight is 276 g/mol.